The van der Waals surface area contributed by atoms with Crippen LogP contribution in [0.3, 0.4) is 0 Å². The Morgan fingerprint density at radius 2 is 1.59 bits per heavy atom. The van der Waals surface area contributed by atoms with Gasteiger partial charge >= 0.3 is 25.2 Å². The standard InChI is InChI=1S/C18H25NO5.C9H17BO5.2CH4/c1-3-12-23-15-10-7-11-19(16(15)17(20)22-2)18(21)24-13-14-8-5-4-6-9-14;11-9(12)7-3-1-2-4-8(7)15-6-5-10(13)14;;/h4-6,8-9,15-16H,3,7,10-13H2,1-2H3;7-8,13-14H,1-6H2,(H,11,12);2*1H4. The average Bonchev–Trinajstić information content (AvgIpc) is 2.95. The molecule has 2 fully saturated rings. The minimum absolute atomic E-state index is 0. The zero-order chi connectivity index (χ0) is 28.6. The zero-order valence-corrected chi connectivity index (χ0v) is 22.9. The van der Waals surface area contributed by atoms with Crippen molar-refractivity contribution in [3.8, 4) is 0 Å². The first-order valence-corrected chi connectivity index (χ1v) is 13.7. The summed E-state index contributed by atoms with van der Waals surface area (Å²) in [5.74, 6) is -1.72. The normalized spacial score (nSPS) is 21.6. The summed E-state index contributed by atoms with van der Waals surface area (Å²) in [6.45, 7) is 3.38. The quantitative estimate of drug-likeness (QED) is 0.256. The van der Waals surface area contributed by atoms with Gasteiger partial charge in [0.05, 0.1) is 25.2 Å². The molecule has 1 aliphatic heterocycles. The summed E-state index contributed by atoms with van der Waals surface area (Å²) in [5, 5.41) is 26.2. The summed E-state index contributed by atoms with van der Waals surface area (Å²) in [6.07, 6.45) is 4.65. The molecule has 1 aromatic rings. The van der Waals surface area contributed by atoms with Crippen molar-refractivity contribution in [2.24, 2.45) is 5.92 Å². The lowest BCUT2D eigenvalue weighted by Crippen LogP contribution is -2.56. The van der Waals surface area contributed by atoms with Gasteiger partial charge in [-0.2, -0.15) is 0 Å². The summed E-state index contributed by atoms with van der Waals surface area (Å²) in [7, 11) is -0.0572. The molecule has 0 bridgehead atoms. The van der Waals surface area contributed by atoms with Crippen LogP contribution in [0.2, 0.25) is 6.32 Å². The lowest BCUT2D eigenvalue weighted by atomic mass is 9.85. The van der Waals surface area contributed by atoms with Crippen LogP contribution < -0.4 is 0 Å². The third kappa shape index (κ3) is 13.2. The Bertz CT molecular complexity index is 872. The van der Waals surface area contributed by atoms with Gasteiger partial charge < -0.3 is 34.1 Å². The number of methoxy groups -OCH3 is 1. The molecule has 1 saturated heterocycles. The minimum Gasteiger partial charge on any atom is -0.481 e. The van der Waals surface area contributed by atoms with E-state index < -0.39 is 37.1 Å². The number of hydrogen-bond acceptors (Lipinski definition) is 9. The van der Waals surface area contributed by atoms with E-state index in [1.54, 1.807) is 0 Å². The van der Waals surface area contributed by atoms with Gasteiger partial charge in [-0.25, -0.2) is 9.59 Å². The molecule has 0 aromatic heterocycles. The third-order valence-corrected chi connectivity index (χ3v) is 6.72. The number of carboxylic acid groups (broad SMARTS) is 1. The van der Waals surface area contributed by atoms with Gasteiger partial charge in [0, 0.05) is 26.1 Å². The van der Waals surface area contributed by atoms with E-state index in [9.17, 15) is 14.4 Å². The molecule has 2 aliphatic rings. The maximum absolute atomic E-state index is 12.5. The molecule has 3 N–H and O–H groups in total. The molecule has 11 nitrogen and oxygen atoms in total. The summed E-state index contributed by atoms with van der Waals surface area (Å²) in [6, 6.07) is 8.69. The van der Waals surface area contributed by atoms with Gasteiger partial charge in [-0.05, 0) is 37.7 Å². The van der Waals surface area contributed by atoms with Crippen LogP contribution in [0.25, 0.3) is 0 Å². The average molecular weight is 584 g/mol. The summed E-state index contributed by atoms with van der Waals surface area (Å²) < 4.78 is 21.4. The molecule has 1 heterocycles. The van der Waals surface area contributed by atoms with E-state index >= 15 is 0 Å². The summed E-state index contributed by atoms with van der Waals surface area (Å²) >= 11 is 0. The van der Waals surface area contributed by atoms with Gasteiger partial charge in [-0.15, -0.1) is 0 Å². The monoisotopic (exact) mass is 583 g/mol. The molecule has 0 radical (unpaired) electrons. The molecular formula is C29H50BNO10. The SMILES string of the molecule is C.C.CCCOC1CCCN(C(=O)OCc2ccccc2)C1C(=O)OC.O=C(O)C1CCCCC1OCCB(O)O. The number of aliphatic carboxylic acids is 1. The van der Waals surface area contributed by atoms with Crippen LogP contribution in [0.4, 0.5) is 4.79 Å². The van der Waals surface area contributed by atoms with E-state index in [1.165, 1.54) is 12.0 Å². The number of carbonyl (C=O) groups is 3. The van der Waals surface area contributed by atoms with Crippen molar-refractivity contribution in [3.63, 3.8) is 0 Å². The van der Waals surface area contributed by atoms with Crippen LogP contribution in [0.15, 0.2) is 30.3 Å². The number of rotatable bonds is 11. The molecule has 1 aliphatic carbocycles. The summed E-state index contributed by atoms with van der Waals surface area (Å²) in [5.41, 5.74) is 0.899. The molecule has 41 heavy (non-hydrogen) atoms. The van der Waals surface area contributed by atoms with E-state index in [0.717, 1.165) is 44.1 Å². The number of carbonyl (C=O) groups excluding carboxylic acids is 2. The van der Waals surface area contributed by atoms with Crippen molar-refractivity contribution in [2.45, 2.75) is 97.9 Å². The number of likely N-dealkylation sites (tertiary alicyclic amines) is 1. The Hall–Kier alpha value is -2.67. The van der Waals surface area contributed by atoms with Gasteiger partial charge in [-0.3, -0.25) is 9.69 Å². The Labute approximate surface area is 245 Å². The molecule has 4 atom stereocenters. The fraction of sp³-hybridized carbons (Fsp3) is 0.690. The van der Waals surface area contributed by atoms with Crippen molar-refractivity contribution in [1.29, 1.82) is 0 Å². The van der Waals surface area contributed by atoms with Crippen molar-refractivity contribution in [1.82, 2.24) is 4.90 Å². The second-order valence-corrected chi connectivity index (χ2v) is 9.66. The van der Waals surface area contributed by atoms with Crippen LogP contribution in [-0.4, -0.2) is 90.3 Å². The predicted molar refractivity (Wildman–Crippen MR) is 156 cm³/mol. The van der Waals surface area contributed by atoms with E-state index in [4.69, 9.17) is 34.1 Å². The number of hydrogen-bond donors (Lipinski definition) is 3. The minimum atomic E-state index is -1.38. The maximum atomic E-state index is 12.5. The Morgan fingerprint density at radius 1 is 0.951 bits per heavy atom. The Balaban J connectivity index is 0.000000819. The van der Waals surface area contributed by atoms with Crippen LogP contribution in [0.1, 0.15) is 72.3 Å². The third-order valence-electron chi connectivity index (χ3n) is 6.72. The molecule has 1 aromatic carbocycles. The first kappa shape index (κ1) is 38.3. The number of carboxylic acids is 1. The number of piperidine rings is 1. The van der Waals surface area contributed by atoms with Gasteiger partial charge in [0.2, 0.25) is 0 Å². The topological polar surface area (TPSA) is 152 Å². The van der Waals surface area contributed by atoms with E-state index in [-0.39, 0.29) is 46.6 Å². The van der Waals surface area contributed by atoms with E-state index in [0.29, 0.717) is 19.6 Å². The van der Waals surface area contributed by atoms with Gasteiger partial charge in [0.25, 0.3) is 0 Å². The first-order valence-electron chi connectivity index (χ1n) is 13.7. The maximum Gasteiger partial charge on any atom is 0.453 e. The zero-order valence-electron chi connectivity index (χ0n) is 22.9. The largest absolute Gasteiger partial charge is 0.481 e. The molecular weight excluding hydrogens is 533 g/mol. The number of amides is 1. The molecule has 0 spiro atoms. The summed E-state index contributed by atoms with van der Waals surface area (Å²) in [4.78, 5) is 37.0. The van der Waals surface area contributed by atoms with Gasteiger partial charge in [0.15, 0.2) is 6.04 Å². The fourth-order valence-corrected chi connectivity index (χ4v) is 4.71. The smallest absolute Gasteiger partial charge is 0.453 e. The van der Waals surface area contributed by atoms with Crippen LogP contribution in [0, 0.1) is 5.92 Å². The van der Waals surface area contributed by atoms with E-state index in [1.807, 2.05) is 37.3 Å². The van der Waals surface area contributed by atoms with Crippen molar-refractivity contribution in [3.05, 3.63) is 35.9 Å². The molecule has 234 valence electrons. The predicted octanol–water partition coefficient (Wildman–Crippen LogP) is 4.15. The number of ether oxygens (including phenoxy) is 4. The highest BCUT2D eigenvalue weighted by molar-refractivity contribution is 6.41. The van der Waals surface area contributed by atoms with Crippen LogP contribution in [-0.2, 0) is 35.1 Å². The second-order valence-electron chi connectivity index (χ2n) is 9.66. The van der Waals surface area contributed by atoms with Crippen LogP contribution in [0.5, 0.6) is 0 Å². The van der Waals surface area contributed by atoms with E-state index in [2.05, 4.69) is 0 Å². The Morgan fingerprint density at radius 3 is 2.20 bits per heavy atom. The number of esters is 1. The highest BCUT2D eigenvalue weighted by Crippen LogP contribution is 2.27. The highest BCUT2D eigenvalue weighted by Gasteiger charge is 2.41. The van der Waals surface area contributed by atoms with Crippen LogP contribution >= 0.6 is 0 Å². The molecule has 3 rings (SSSR count). The van der Waals surface area contributed by atoms with Crippen molar-refractivity contribution >= 4 is 25.2 Å². The first-order chi connectivity index (χ1) is 18.8. The molecule has 12 heteroatoms. The van der Waals surface area contributed by atoms with Crippen molar-refractivity contribution in [2.75, 3.05) is 26.9 Å². The lowest BCUT2D eigenvalue weighted by molar-refractivity contribution is -0.155. The molecule has 4 unspecified atom stereocenters. The van der Waals surface area contributed by atoms with Crippen molar-refractivity contribution < 1.29 is 48.5 Å². The fourth-order valence-electron chi connectivity index (χ4n) is 4.71. The highest BCUT2D eigenvalue weighted by atomic mass is 16.6. The Kier molecular flexibility index (Phi) is 19.7. The van der Waals surface area contributed by atoms with Gasteiger partial charge in [0.1, 0.15) is 6.61 Å². The number of nitrogens with zero attached hydrogens (tertiary/aromatic N) is 1. The second kappa shape index (κ2) is 21.1. The molecule has 1 amide bonds. The molecule has 1 saturated carbocycles. The lowest BCUT2D eigenvalue weighted by Gasteiger charge is -2.38. The van der Waals surface area contributed by atoms with Gasteiger partial charge in [-0.1, -0.05) is 65.0 Å². The number of benzene rings is 1.